The van der Waals surface area contributed by atoms with Crippen molar-refractivity contribution in [1.29, 1.82) is 0 Å². The average molecular weight is 283 g/mol. The minimum Gasteiger partial charge on any atom is -0.387 e. The van der Waals surface area contributed by atoms with E-state index < -0.39 is 6.10 Å². The predicted molar refractivity (Wildman–Crippen MR) is 83.8 cm³/mol. The molecular weight excluding hydrogens is 262 g/mol. The number of aliphatic hydroxyl groups excluding tert-OH is 1. The molecule has 0 saturated heterocycles. The molecule has 0 radical (unpaired) electrons. The zero-order chi connectivity index (χ0) is 14.9. The number of aliphatic hydroxyl groups is 1. The van der Waals surface area contributed by atoms with E-state index in [1.165, 1.54) is 5.56 Å². The lowest BCUT2D eigenvalue weighted by molar-refractivity contribution is -0.121. The molecule has 0 spiro atoms. The fourth-order valence-corrected chi connectivity index (χ4v) is 2.19. The summed E-state index contributed by atoms with van der Waals surface area (Å²) in [6.07, 6.45) is 1.55. The molecule has 0 bridgehead atoms. The van der Waals surface area contributed by atoms with Crippen LogP contribution in [-0.2, 0) is 11.2 Å². The van der Waals surface area contributed by atoms with Crippen molar-refractivity contribution in [3.8, 4) is 0 Å². The molecule has 0 saturated carbocycles. The van der Waals surface area contributed by atoms with Crippen LogP contribution in [0.5, 0.6) is 0 Å². The van der Waals surface area contributed by atoms with E-state index in [2.05, 4.69) is 17.4 Å². The van der Waals surface area contributed by atoms with Crippen molar-refractivity contribution in [1.82, 2.24) is 5.32 Å². The van der Waals surface area contributed by atoms with E-state index in [-0.39, 0.29) is 12.5 Å². The van der Waals surface area contributed by atoms with Crippen LogP contribution in [0.3, 0.4) is 0 Å². The monoisotopic (exact) mass is 283 g/mol. The summed E-state index contributed by atoms with van der Waals surface area (Å²) in [5.74, 6) is -0.0130. The van der Waals surface area contributed by atoms with Gasteiger partial charge in [-0.3, -0.25) is 4.79 Å². The van der Waals surface area contributed by atoms with Crippen molar-refractivity contribution in [2.75, 3.05) is 6.54 Å². The van der Waals surface area contributed by atoms with Crippen molar-refractivity contribution < 1.29 is 9.90 Å². The predicted octanol–water partition coefficient (Wildman–Crippen LogP) is 2.86. The van der Waals surface area contributed by atoms with Crippen LogP contribution < -0.4 is 5.32 Å². The lowest BCUT2D eigenvalue weighted by atomic mass is 10.1. The highest BCUT2D eigenvalue weighted by Crippen LogP contribution is 2.10. The van der Waals surface area contributed by atoms with Gasteiger partial charge in [0.15, 0.2) is 0 Å². The molecule has 21 heavy (non-hydrogen) atoms. The van der Waals surface area contributed by atoms with Crippen LogP contribution >= 0.6 is 0 Å². The maximum Gasteiger partial charge on any atom is 0.220 e. The summed E-state index contributed by atoms with van der Waals surface area (Å²) in [5, 5.41) is 12.7. The zero-order valence-corrected chi connectivity index (χ0v) is 12.0. The van der Waals surface area contributed by atoms with Gasteiger partial charge in [-0.1, -0.05) is 60.7 Å². The average Bonchev–Trinajstić information content (AvgIpc) is 2.54. The van der Waals surface area contributed by atoms with Crippen molar-refractivity contribution >= 4 is 5.91 Å². The van der Waals surface area contributed by atoms with E-state index in [1.807, 2.05) is 48.5 Å². The van der Waals surface area contributed by atoms with E-state index in [0.717, 1.165) is 18.4 Å². The number of amides is 1. The Balaban J connectivity index is 1.66. The van der Waals surface area contributed by atoms with Crippen molar-refractivity contribution in [2.45, 2.75) is 25.4 Å². The van der Waals surface area contributed by atoms with Crippen LogP contribution in [-0.4, -0.2) is 17.6 Å². The molecule has 110 valence electrons. The summed E-state index contributed by atoms with van der Waals surface area (Å²) < 4.78 is 0. The Morgan fingerprint density at radius 3 is 2.29 bits per heavy atom. The second-order valence-electron chi connectivity index (χ2n) is 5.07. The van der Waals surface area contributed by atoms with Gasteiger partial charge < -0.3 is 10.4 Å². The van der Waals surface area contributed by atoms with Crippen LogP contribution in [0.25, 0.3) is 0 Å². The largest absolute Gasteiger partial charge is 0.387 e. The molecule has 2 aromatic carbocycles. The van der Waals surface area contributed by atoms with Crippen molar-refractivity contribution in [3.05, 3.63) is 71.8 Å². The van der Waals surface area contributed by atoms with Crippen LogP contribution in [0.15, 0.2) is 60.7 Å². The first-order valence-electron chi connectivity index (χ1n) is 7.29. The minimum absolute atomic E-state index is 0.0130. The number of rotatable bonds is 7. The third-order valence-electron chi connectivity index (χ3n) is 3.39. The Morgan fingerprint density at radius 2 is 1.62 bits per heavy atom. The summed E-state index contributed by atoms with van der Waals surface area (Å²) in [5.41, 5.74) is 2.07. The van der Waals surface area contributed by atoms with Gasteiger partial charge in [0, 0.05) is 13.0 Å². The number of carbonyl (C=O) groups is 1. The first kappa shape index (κ1) is 15.3. The number of carbonyl (C=O) groups excluding carboxylic acids is 1. The maximum absolute atomic E-state index is 11.7. The first-order valence-corrected chi connectivity index (χ1v) is 7.29. The third-order valence-corrected chi connectivity index (χ3v) is 3.39. The summed E-state index contributed by atoms with van der Waals surface area (Å²) in [6, 6.07) is 19.5. The Morgan fingerprint density at radius 1 is 1.00 bits per heavy atom. The van der Waals surface area contributed by atoms with Crippen molar-refractivity contribution in [2.24, 2.45) is 0 Å². The van der Waals surface area contributed by atoms with Gasteiger partial charge in [-0.25, -0.2) is 0 Å². The van der Waals surface area contributed by atoms with Gasteiger partial charge in [-0.15, -0.1) is 0 Å². The molecule has 3 heteroatoms. The van der Waals surface area contributed by atoms with Gasteiger partial charge in [-0.05, 0) is 24.0 Å². The molecule has 0 heterocycles. The summed E-state index contributed by atoms with van der Waals surface area (Å²) in [7, 11) is 0. The molecule has 1 amide bonds. The Bertz CT molecular complexity index is 540. The highest BCUT2D eigenvalue weighted by atomic mass is 16.3. The standard InChI is InChI=1S/C18H21NO2/c20-17(16-11-5-2-6-12-16)14-19-18(21)13-7-10-15-8-3-1-4-9-15/h1-6,8-9,11-12,17,20H,7,10,13-14H2,(H,19,21). The molecule has 0 aliphatic carbocycles. The Labute approximate surface area is 125 Å². The minimum atomic E-state index is -0.649. The first-order chi connectivity index (χ1) is 10.3. The molecular formula is C18H21NO2. The summed E-state index contributed by atoms with van der Waals surface area (Å²) in [6.45, 7) is 0.258. The van der Waals surface area contributed by atoms with E-state index in [1.54, 1.807) is 0 Å². The second kappa shape index (κ2) is 8.22. The SMILES string of the molecule is O=C(CCCc1ccccc1)NCC(O)c1ccccc1. The van der Waals surface area contributed by atoms with Crippen LogP contribution in [0, 0.1) is 0 Å². The number of hydrogen-bond donors (Lipinski definition) is 2. The molecule has 2 rings (SSSR count). The molecule has 0 fully saturated rings. The van der Waals surface area contributed by atoms with Crippen LogP contribution in [0.2, 0.25) is 0 Å². The van der Waals surface area contributed by atoms with Gasteiger partial charge in [0.2, 0.25) is 5.91 Å². The van der Waals surface area contributed by atoms with Crippen LogP contribution in [0.4, 0.5) is 0 Å². The Hall–Kier alpha value is -2.13. The smallest absolute Gasteiger partial charge is 0.220 e. The molecule has 0 aromatic heterocycles. The Kier molecular flexibility index (Phi) is 5.98. The normalized spacial score (nSPS) is 11.9. The van der Waals surface area contributed by atoms with Crippen LogP contribution in [0.1, 0.15) is 30.1 Å². The molecule has 1 unspecified atom stereocenters. The lowest BCUT2D eigenvalue weighted by Crippen LogP contribution is -2.28. The molecule has 1 atom stereocenters. The van der Waals surface area contributed by atoms with Crippen molar-refractivity contribution in [3.63, 3.8) is 0 Å². The van der Waals surface area contributed by atoms with E-state index in [9.17, 15) is 9.90 Å². The topological polar surface area (TPSA) is 49.3 Å². The highest BCUT2D eigenvalue weighted by Gasteiger charge is 2.08. The number of nitrogens with one attached hydrogen (secondary N) is 1. The molecule has 2 aromatic rings. The number of hydrogen-bond acceptors (Lipinski definition) is 2. The van der Waals surface area contributed by atoms with E-state index in [4.69, 9.17) is 0 Å². The molecule has 0 aliphatic heterocycles. The highest BCUT2D eigenvalue weighted by molar-refractivity contribution is 5.75. The fourth-order valence-electron chi connectivity index (χ4n) is 2.19. The van der Waals surface area contributed by atoms with E-state index >= 15 is 0 Å². The second-order valence-corrected chi connectivity index (χ2v) is 5.07. The molecule has 3 nitrogen and oxygen atoms in total. The summed E-state index contributed by atoms with van der Waals surface area (Å²) in [4.78, 5) is 11.7. The van der Waals surface area contributed by atoms with Gasteiger partial charge >= 0.3 is 0 Å². The number of benzene rings is 2. The van der Waals surface area contributed by atoms with Gasteiger partial charge in [0.25, 0.3) is 0 Å². The quantitative estimate of drug-likeness (QED) is 0.821. The third kappa shape index (κ3) is 5.40. The van der Waals surface area contributed by atoms with Gasteiger partial charge in [0.1, 0.15) is 0 Å². The number of aryl methyl sites for hydroxylation is 1. The zero-order valence-electron chi connectivity index (χ0n) is 12.0. The summed E-state index contributed by atoms with van der Waals surface area (Å²) >= 11 is 0. The molecule has 2 N–H and O–H groups in total. The maximum atomic E-state index is 11.7. The lowest BCUT2D eigenvalue weighted by Gasteiger charge is -2.12. The van der Waals surface area contributed by atoms with Gasteiger partial charge in [0.05, 0.1) is 6.10 Å². The van der Waals surface area contributed by atoms with E-state index in [0.29, 0.717) is 6.42 Å². The molecule has 0 aliphatic rings. The van der Waals surface area contributed by atoms with Gasteiger partial charge in [-0.2, -0.15) is 0 Å². The fraction of sp³-hybridized carbons (Fsp3) is 0.278.